The van der Waals surface area contributed by atoms with Crippen LogP contribution in [-0.2, 0) is 8.85 Å². The Kier molecular flexibility index (Phi) is 6.40. The van der Waals surface area contributed by atoms with Crippen LogP contribution >= 0.6 is 0 Å². The fourth-order valence-electron chi connectivity index (χ4n) is 2.52. The minimum Gasteiger partial charge on any atom is -0.394 e. The van der Waals surface area contributed by atoms with E-state index in [1.807, 2.05) is 0 Å². The molecule has 0 radical (unpaired) electrons. The van der Waals surface area contributed by atoms with Gasteiger partial charge in [0.15, 0.2) is 0 Å². The van der Waals surface area contributed by atoms with E-state index in [4.69, 9.17) is 8.85 Å². The molecule has 0 aliphatic heterocycles. The van der Waals surface area contributed by atoms with E-state index in [0.717, 1.165) is 26.1 Å². The lowest BCUT2D eigenvalue weighted by Crippen LogP contribution is -2.57. The molecule has 0 amide bonds. The van der Waals surface area contributed by atoms with Crippen molar-refractivity contribution in [1.82, 2.24) is 0 Å². The first-order valence-corrected chi connectivity index (χ1v) is 8.72. The molecule has 0 unspecified atom stereocenters. The Morgan fingerprint density at radius 3 is 1.18 bits per heavy atom. The van der Waals surface area contributed by atoms with Gasteiger partial charge < -0.3 is 8.85 Å². The summed E-state index contributed by atoms with van der Waals surface area (Å²) < 4.78 is 12.7. The van der Waals surface area contributed by atoms with E-state index < -0.39 is 8.56 Å². The van der Waals surface area contributed by atoms with Gasteiger partial charge in [-0.05, 0) is 12.8 Å². The molecule has 104 valence electrons. The molecular formula is C14H32O2Si. The molecule has 2 nitrogen and oxygen atoms in total. The van der Waals surface area contributed by atoms with Gasteiger partial charge in [-0.1, -0.05) is 55.4 Å². The molecule has 0 atom stereocenters. The summed E-state index contributed by atoms with van der Waals surface area (Å²) in [6, 6.07) is 0. The molecule has 0 saturated heterocycles. The fourth-order valence-corrected chi connectivity index (χ4v) is 7.57. The highest BCUT2D eigenvalue weighted by molar-refractivity contribution is 6.73. The third-order valence-electron chi connectivity index (χ3n) is 2.99. The molecular weight excluding hydrogens is 228 g/mol. The van der Waals surface area contributed by atoms with Crippen molar-refractivity contribution in [2.75, 3.05) is 13.2 Å². The first-order valence-electron chi connectivity index (χ1n) is 6.90. The van der Waals surface area contributed by atoms with E-state index in [1.165, 1.54) is 0 Å². The SMILES string of the molecule is CCCO[Si](OCCC)(C(C)(C)C)C(C)(C)C. The smallest absolute Gasteiger partial charge is 0.349 e. The lowest BCUT2D eigenvalue weighted by atomic mass is 10.2. The van der Waals surface area contributed by atoms with Crippen LogP contribution in [0.3, 0.4) is 0 Å². The quantitative estimate of drug-likeness (QED) is 0.634. The molecule has 0 aromatic carbocycles. The van der Waals surface area contributed by atoms with Crippen LogP contribution in [0, 0.1) is 0 Å². The number of hydrogen-bond donors (Lipinski definition) is 0. The summed E-state index contributed by atoms with van der Waals surface area (Å²) in [4.78, 5) is 0. The second kappa shape index (κ2) is 6.35. The number of rotatable bonds is 6. The molecule has 0 spiro atoms. The Labute approximate surface area is 109 Å². The number of hydrogen-bond acceptors (Lipinski definition) is 2. The first kappa shape index (κ1) is 17.1. The van der Waals surface area contributed by atoms with Crippen LogP contribution in [0.25, 0.3) is 0 Å². The third-order valence-corrected chi connectivity index (χ3v) is 8.16. The molecule has 0 rings (SSSR count). The van der Waals surface area contributed by atoms with Gasteiger partial charge in [-0.2, -0.15) is 0 Å². The van der Waals surface area contributed by atoms with Gasteiger partial charge >= 0.3 is 8.56 Å². The summed E-state index contributed by atoms with van der Waals surface area (Å²) in [5, 5.41) is 0.186. The van der Waals surface area contributed by atoms with Crippen LogP contribution in [-0.4, -0.2) is 21.8 Å². The predicted octanol–water partition coefficient (Wildman–Crippen LogP) is 4.88. The molecule has 0 aromatic heterocycles. The Morgan fingerprint density at radius 1 is 0.706 bits per heavy atom. The van der Waals surface area contributed by atoms with Crippen molar-refractivity contribution in [3.05, 3.63) is 0 Å². The average Bonchev–Trinajstić information content (AvgIpc) is 2.14. The van der Waals surface area contributed by atoms with Crippen LogP contribution in [0.2, 0.25) is 10.1 Å². The normalized spacial score (nSPS) is 14.1. The molecule has 0 aliphatic carbocycles. The molecule has 0 bridgehead atoms. The molecule has 3 heteroatoms. The monoisotopic (exact) mass is 260 g/mol. The van der Waals surface area contributed by atoms with Gasteiger partial charge in [0.2, 0.25) is 0 Å². The Bertz CT molecular complexity index is 189. The van der Waals surface area contributed by atoms with Crippen LogP contribution < -0.4 is 0 Å². The second-order valence-electron chi connectivity index (χ2n) is 6.81. The zero-order valence-corrected chi connectivity index (χ0v) is 14.1. The lowest BCUT2D eigenvalue weighted by Gasteiger charge is -2.49. The predicted molar refractivity (Wildman–Crippen MR) is 77.7 cm³/mol. The zero-order valence-electron chi connectivity index (χ0n) is 13.1. The standard InChI is InChI=1S/C14H32O2Si/c1-9-11-15-17(13(3,4)5,14(6,7)8)16-12-10-2/h9-12H2,1-8H3. The van der Waals surface area contributed by atoms with Gasteiger partial charge in [0.25, 0.3) is 0 Å². The molecule has 0 aliphatic rings. The molecule has 0 aromatic rings. The van der Waals surface area contributed by atoms with Crippen molar-refractivity contribution in [1.29, 1.82) is 0 Å². The third kappa shape index (κ3) is 4.07. The summed E-state index contributed by atoms with van der Waals surface area (Å²) >= 11 is 0. The van der Waals surface area contributed by atoms with Crippen molar-refractivity contribution in [2.45, 2.75) is 78.3 Å². The van der Waals surface area contributed by atoms with Crippen molar-refractivity contribution in [3.8, 4) is 0 Å². The van der Waals surface area contributed by atoms with E-state index in [-0.39, 0.29) is 10.1 Å². The molecule has 0 fully saturated rings. The first-order chi connectivity index (χ1) is 7.62. The maximum atomic E-state index is 6.33. The minimum absolute atomic E-state index is 0.0928. The van der Waals surface area contributed by atoms with Crippen LogP contribution in [0.15, 0.2) is 0 Å². The maximum absolute atomic E-state index is 6.33. The van der Waals surface area contributed by atoms with Crippen molar-refractivity contribution in [3.63, 3.8) is 0 Å². The Balaban J connectivity index is 5.22. The largest absolute Gasteiger partial charge is 0.394 e. The van der Waals surface area contributed by atoms with Crippen molar-refractivity contribution < 1.29 is 8.85 Å². The fraction of sp³-hybridized carbons (Fsp3) is 1.00. The van der Waals surface area contributed by atoms with Gasteiger partial charge in [0.1, 0.15) is 0 Å². The topological polar surface area (TPSA) is 18.5 Å². The summed E-state index contributed by atoms with van der Waals surface area (Å²) in [6.45, 7) is 19.5. The van der Waals surface area contributed by atoms with Crippen molar-refractivity contribution in [2.24, 2.45) is 0 Å². The van der Waals surface area contributed by atoms with Crippen LogP contribution in [0.1, 0.15) is 68.2 Å². The molecule has 0 saturated carbocycles. The van der Waals surface area contributed by atoms with E-state index >= 15 is 0 Å². The van der Waals surface area contributed by atoms with Gasteiger partial charge in [-0.15, -0.1) is 0 Å². The van der Waals surface area contributed by atoms with E-state index in [9.17, 15) is 0 Å². The van der Waals surface area contributed by atoms with E-state index in [0.29, 0.717) is 0 Å². The van der Waals surface area contributed by atoms with Crippen LogP contribution in [0.5, 0.6) is 0 Å². The Morgan fingerprint density at radius 2 is 1.00 bits per heavy atom. The summed E-state index contributed by atoms with van der Waals surface area (Å²) in [6.07, 6.45) is 2.10. The van der Waals surface area contributed by atoms with Crippen molar-refractivity contribution >= 4 is 8.56 Å². The highest BCUT2D eigenvalue weighted by Crippen LogP contribution is 2.52. The summed E-state index contributed by atoms with van der Waals surface area (Å²) in [7, 11) is -2.24. The van der Waals surface area contributed by atoms with Gasteiger partial charge in [0, 0.05) is 23.3 Å². The lowest BCUT2D eigenvalue weighted by molar-refractivity contribution is 0.126. The second-order valence-corrected chi connectivity index (χ2v) is 11.6. The maximum Gasteiger partial charge on any atom is 0.349 e. The molecule has 0 heterocycles. The van der Waals surface area contributed by atoms with Gasteiger partial charge in [-0.25, -0.2) is 0 Å². The molecule has 17 heavy (non-hydrogen) atoms. The van der Waals surface area contributed by atoms with E-state index in [1.54, 1.807) is 0 Å². The Hall–Kier alpha value is 0.137. The molecule has 0 N–H and O–H groups in total. The zero-order chi connectivity index (χ0) is 13.7. The van der Waals surface area contributed by atoms with E-state index in [2.05, 4.69) is 55.4 Å². The summed E-state index contributed by atoms with van der Waals surface area (Å²) in [5.74, 6) is 0. The van der Waals surface area contributed by atoms with Gasteiger partial charge in [0.05, 0.1) is 0 Å². The van der Waals surface area contributed by atoms with Gasteiger partial charge in [-0.3, -0.25) is 0 Å². The summed E-state index contributed by atoms with van der Waals surface area (Å²) in [5.41, 5.74) is 0. The van der Waals surface area contributed by atoms with Crippen LogP contribution in [0.4, 0.5) is 0 Å². The minimum atomic E-state index is -2.24. The average molecular weight is 260 g/mol. The highest BCUT2D eigenvalue weighted by atomic mass is 28.4. The highest BCUT2D eigenvalue weighted by Gasteiger charge is 2.57.